The standard InChI is InChI=1S/C35H45F/c1-3-5-26-8-12-32(13-9-26)34-23-22-33(24-35(34)36)31-20-18-30(19-21-31)29-16-14-28(15-17-29)27-10-6-25(4-2)7-11-27/h4,14-17,20,22-27,30,32H,2-3,5-13,18-19,21H2,1H3. The Labute approximate surface area is 219 Å². The van der Waals surface area contributed by atoms with Gasteiger partial charge in [0.05, 0.1) is 0 Å². The molecule has 2 aromatic carbocycles. The molecule has 0 spiro atoms. The van der Waals surface area contributed by atoms with Gasteiger partial charge in [-0.15, -0.1) is 6.58 Å². The van der Waals surface area contributed by atoms with E-state index in [0.717, 1.165) is 61.0 Å². The topological polar surface area (TPSA) is 0 Å². The summed E-state index contributed by atoms with van der Waals surface area (Å²) in [7, 11) is 0. The van der Waals surface area contributed by atoms with E-state index in [1.807, 2.05) is 6.07 Å². The monoisotopic (exact) mass is 484 g/mol. The Morgan fingerprint density at radius 1 is 0.806 bits per heavy atom. The van der Waals surface area contributed by atoms with Crippen LogP contribution in [0.15, 0.2) is 61.2 Å². The van der Waals surface area contributed by atoms with Gasteiger partial charge in [-0.2, -0.15) is 0 Å². The van der Waals surface area contributed by atoms with Crippen LogP contribution in [0.5, 0.6) is 0 Å². The lowest BCUT2D eigenvalue weighted by Crippen LogP contribution is -2.14. The predicted molar refractivity (Wildman–Crippen MR) is 152 cm³/mol. The lowest BCUT2D eigenvalue weighted by Gasteiger charge is -2.29. The fourth-order valence-electron chi connectivity index (χ4n) is 7.36. The molecule has 0 saturated heterocycles. The normalized spacial score (nSPS) is 28.9. The van der Waals surface area contributed by atoms with Crippen molar-refractivity contribution in [2.24, 2.45) is 11.8 Å². The van der Waals surface area contributed by atoms with E-state index in [0.29, 0.717) is 11.8 Å². The van der Waals surface area contributed by atoms with Crippen molar-refractivity contribution in [1.29, 1.82) is 0 Å². The Hall–Kier alpha value is -2.15. The SMILES string of the molecule is C=CC1CCC(c2ccc(C3CC=C(c4ccc(C5CCC(CCC)CC5)c(F)c4)CC3)cc2)CC1. The van der Waals surface area contributed by atoms with Crippen LogP contribution in [0, 0.1) is 17.7 Å². The van der Waals surface area contributed by atoms with Gasteiger partial charge in [-0.05, 0) is 134 Å². The van der Waals surface area contributed by atoms with Crippen LogP contribution in [0.25, 0.3) is 5.57 Å². The molecule has 3 aliphatic carbocycles. The molecule has 0 aromatic heterocycles. The zero-order chi connectivity index (χ0) is 24.9. The van der Waals surface area contributed by atoms with Gasteiger partial charge in [-0.3, -0.25) is 0 Å². The highest BCUT2D eigenvalue weighted by atomic mass is 19.1. The van der Waals surface area contributed by atoms with Crippen LogP contribution < -0.4 is 0 Å². The number of halogens is 1. The molecule has 192 valence electrons. The number of hydrogen-bond acceptors (Lipinski definition) is 0. The lowest BCUT2D eigenvalue weighted by atomic mass is 9.76. The summed E-state index contributed by atoms with van der Waals surface area (Å²) >= 11 is 0. The summed E-state index contributed by atoms with van der Waals surface area (Å²) in [5, 5.41) is 0. The molecule has 0 aliphatic heterocycles. The first-order valence-electron chi connectivity index (χ1n) is 14.9. The molecule has 0 heterocycles. The maximum atomic E-state index is 15.2. The van der Waals surface area contributed by atoms with Crippen LogP contribution >= 0.6 is 0 Å². The first-order chi connectivity index (χ1) is 17.6. The zero-order valence-corrected chi connectivity index (χ0v) is 22.4. The van der Waals surface area contributed by atoms with Crippen molar-refractivity contribution in [1.82, 2.24) is 0 Å². The summed E-state index contributed by atoms with van der Waals surface area (Å²) < 4.78 is 15.2. The fraction of sp³-hybridized carbons (Fsp3) is 0.543. The Kier molecular flexibility index (Phi) is 8.45. The first kappa shape index (κ1) is 25.5. The highest BCUT2D eigenvalue weighted by molar-refractivity contribution is 5.67. The number of hydrogen-bond donors (Lipinski definition) is 0. The summed E-state index contributed by atoms with van der Waals surface area (Å²) in [5.74, 6) is 3.32. The molecule has 3 aliphatic rings. The molecule has 0 radical (unpaired) electrons. The maximum Gasteiger partial charge on any atom is 0.127 e. The molecule has 1 heteroatoms. The van der Waals surface area contributed by atoms with Crippen molar-refractivity contribution >= 4 is 5.57 Å². The van der Waals surface area contributed by atoms with E-state index < -0.39 is 0 Å². The van der Waals surface area contributed by atoms with Crippen LogP contribution in [0.2, 0.25) is 0 Å². The average Bonchev–Trinajstić information content (AvgIpc) is 2.94. The van der Waals surface area contributed by atoms with Crippen molar-refractivity contribution in [3.05, 3.63) is 89.3 Å². The summed E-state index contributed by atoms with van der Waals surface area (Å²) in [4.78, 5) is 0. The summed E-state index contributed by atoms with van der Waals surface area (Å²) in [6.07, 6.45) is 20.4. The number of benzene rings is 2. The quantitative estimate of drug-likeness (QED) is 0.343. The van der Waals surface area contributed by atoms with Crippen molar-refractivity contribution in [3.63, 3.8) is 0 Å². The van der Waals surface area contributed by atoms with Crippen molar-refractivity contribution in [2.45, 2.75) is 108 Å². The second-order valence-electron chi connectivity index (χ2n) is 12.0. The van der Waals surface area contributed by atoms with Gasteiger partial charge < -0.3 is 0 Å². The molecule has 0 nitrogen and oxygen atoms in total. The number of allylic oxidation sites excluding steroid dienone is 3. The largest absolute Gasteiger partial charge is 0.207 e. The van der Waals surface area contributed by atoms with Crippen LogP contribution in [0.4, 0.5) is 4.39 Å². The Morgan fingerprint density at radius 2 is 1.47 bits per heavy atom. The van der Waals surface area contributed by atoms with Gasteiger partial charge in [-0.25, -0.2) is 4.39 Å². The van der Waals surface area contributed by atoms with Crippen molar-refractivity contribution < 1.29 is 4.39 Å². The van der Waals surface area contributed by atoms with Gasteiger partial charge in [0.25, 0.3) is 0 Å². The molecule has 0 bridgehead atoms. The Morgan fingerprint density at radius 3 is 2.06 bits per heavy atom. The minimum Gasteiger partial charge on any atom is -0.207 e. The molecular formula is C35H45F. The second kappa shape index (κ2) is 11.9. The average molecular weight is 485 g/mol. The zero-order valence-electron chi connectivity index (χ0n) is 22.4. The Balaban J connectivity index is 1.18. The molecule has 2 aromatic rings. The molecule has 36 heavy (non-hydrogen) atoms. The third-order valence-electron chi connectivity index (χ3n) is 9.75. The minimum absolute atomic E-state index is 0.0205. The predicted octanol–water partition coefficient (Wildman–Crippen LogP) is 10.7. The van der Waals surface area contributed by atoms with Crippen LogP contribution in [0.3, 0.4) is 0 Å². The highest BCUT2D eigenvalue weighted by Crippen LogP contribution is 2.41. The lowest BCUT2D eigenvalue weighted by molar-refractivity contribution is 0.304. The van der Waals surface area contributed by atoms with E-state index in [9.17, 15) is 0 Å². The molecule has 5 rings (SSSR count). The van der Waals surface area contributed by atoms with Gasteiger partial charge in [0.1, 0.15) is 5.82 Å². The number of rotatable bonds is 7. The first-order valence-corrected chi connectivity index (χ1v) is 14.9. The molecule has 0 N–H and O–H groups in total. The van der Waals surface area contributed by atoms with E-state index in [4.69, 9.17) is 0 Å². The molecule has 2 saturated carbocycles. The summed E-state index contributed by atoms with van der Waals surface area (Å²) in [6.45, 7) is 6.26. The molecule has 2 fully saturated rings. The van der Waals surface area contributed by atoms with Crippen LogP contribution in [-0.2, 0) is 0 Å². The van der Waals surface area contributed by atoms with Gasteiger partial charge in [0, 0.05) is 0 Å². The van der Waals surface area contributed by atoms with Crippen LogP contribution in [0.1, 0.15) is 130 Å². The van der Waals surface area contributed by atoms with E-state index in [1.54, 1.807) is 0 Å². The van der Waals surface area contributed by atoms with E-state index in [2.05, 4.69) is 62.1 Å². The maximum absolute atomic E-state index is 15.2. The van der Waals surface area contributed by atoms with Gasteiger partial charge in [0.2, 0.25) is 0 Å². The third kappa shape index (κ3) is 5.87. The Bertz CT molecular complexity index is 1030. The summed E-state index contributed by atoms with van der Waals surface area (Å²) in [6, 6.07) is 15.6. The van der Waals surface area contributed by atoms with E-state index >= 15 is 4.39 Å². The minimum atomic E-state index is 0.0205. The van der Waals surface area contributed by atoms with Crippen molar-refractivity contribution in [2.75, 3.05) is 0 Å². The van der Waals surface area contributed by atoms with E-state index in [1.165, 1.54) is 68.1 Å². The van der Waals surface area contributed by atoms with Gasteiger partial charge >= 0.3 is 0 Å². The van der Waals surface area contributed by atoms with Gasteiger partial charge in [-0.1, -0.05) is 68.3 Å². The van der Waals surface area contributed by atoms with Crippen molar-refractivity contribution in [3.8, 4) is 0 Å². The van der Waals surface area contributed by atoms with Gasteiger partial charge in [0.15, 0.2) is 0 Å². The molecule has 1 unspecified atom stereocenters. The smallest absolute Gasteiger partial charge is 0.127 e. The third-order valence-corrected chi connectivity index (χ3v) is 9.75. The van der Waals surface area contributed by atoms with E-state index in [-0.39, 0.29) is 5.82 Å². The summed E-state index contributed by atoms with van der Waals surface area (Å²) in [5.41, 5.74) is 6.37. The second-order valence-corrected chi connectivity index (χ2v) is 12.0. The fourth-order valence-corrected chi connectivity index (χ4v) is 7.36. The highest BCUT2D eigenvalue weighted by Gasteiger charge is 2.25. The molecule has 0 amide bonds. The van der Waals surface area contributed by atoms with Crippen LogP contribution in [-0.4, -0.2) is 0 Å². The molecule has 1 atom stereocenters. The molecular weight excluding hydrogens is 439 g/mol.